The van der Waals surface area contributed by atoms with Crippen LogP contribution < -0.4 is 5.32 Å². The molecule has 29 heavy (non-hydrogen) atoms. The van der Waals surface area contributed by atoms with E-state index in [1.54, 1.807) is 23.9 Å². The highest BCUT2D eigenvalue weighted by Crippen LogP contribution is 2.32. The van der Waals surface area contributed by atoms with E-state index in [0.717, 1.165) is 27.1 Å². The third-order valence-corrected chi connectivity index (χ3v) is 6.06. The monoisotopic (exact) mass is 426 g/mol. The molecule has 0 radical (unpaired) electrons. The second-order valence-corrected chi connectivity index (χ2v) is 8.74. The van der Waals surface area contributed by atoms with Crippen LogP contribution in [0.3, 0.4) is 0 Å². The van der Waals surface area contributed by atoms with Crippen molar-refractivity contribution in [1.82, 2.24) is 4.90 Å². The van der Waals surface area contributed by atoms with Gasteiger partial charge in [0.2, 0.25) is 5.91 Å². The topological polar surface area (TPSA) is 66.5 Å². The molecule has 0 saturated carbocycles. The highest BCUT2D eigenvalue weighted by Gasteiger charge is 2.36. The van der Waals surface area contributed by atoms with E-state index in [1.165, 1.54) is 5.56 Å². The zero-order chi connectivity index (χ0) is 21.0. The van der Waals surface area contributed by atoms with E-state index >= 15 is 0 Å². The Labute approximate surface area is 178 Å². The number of carbonyl (C=O) groups is 3. The molecule has 1 fully saturated rings. The van der Waals surface area contributed by atoms with E-state index in [2.05, 4.69) is 19.2 Å². The van der Waals surface area contributed by atoms with Gasteiger partial charge in [-0.05, 0) is 59.3 Å². The van der Waals surface area contributed by atoms with Gasteiger partial charge < -0.3 is 5.32 Å². The summed E-state index contributed by atoms with van der Waals surface area (Å²) in [7, 11) is 0. The Morgan fingerprint density at radius 2 is 1.90 bits per heavy atom. The molecule has 0 aromatic heterocycles. The van der Waals surface area contributed by atoms with Crippen LogP contribution in [0, 0.1) is 0 Å². The summed E-state index contributed by atoms with van der Waals surface area (Å²) < 4.78 is 0. The van der Waals surface area contributed by atoms with Crippen molar-refractivity contribution >= 4 is 52.3 Å². The molecule has 1 N–H and O–H groups in total. The molecule has 5 nitrogen and oxygen atoms in total. The number of anilines is 1. The van der Waals surface area contributed by atoms with Crippen LogP contribution in [-0.4, -0.2) is 34.8 Å². The standard InChI is InChI=1S/C22H22N2O3S2/c1-14(2)16-9-7-15(8-10-16)11-19-21(26)24(22(27)29-19)13-20(25)23-17-5-4-6-18(12-17)28-3/h4-12,14H,13H2,1-3H3,(H,23,25)/b19-11+. The van der Waals surface area contributed by atoms with Crippen molar-refractivity contribution in [2.75, 3.05) is 18.1 Å². The Morgan fingerprint density at radius 1 is 1.17 bits per heavy atom. The molecule has 7 heteroatoms. The lowest BCUT2D eigenvalue weighted by atomic mass is 10.0. The number of thioether (sulfide) groups is 2. The molecule has 0 atom stereocenters. The van der Waals surface area contributed by atoms with Crippen LogP contribution in [0.5, 0.6) is 0 Å². The molecule has 3 rings (SSSR count). The number of rotatable bonds is 6. The molecule has 0 aliphatic carbocycles. The summed E-state index contributed by atoms with van der Waals surface area (Å²) in [5, 5.41) is 2.30. The maximum absolute atomic E-state index is 12.6. The predicted octanol–water partition coefficient (Wildman–Crippen LogP) is 5.21. The van der Waals surface area contributed by atoms with E-state index in [-0.39, 0.29) is 6.54 Å². The van der Waals surface area contributed by atoms with Gasteiger partial charge in [-0.3, -0.25) is 19.3 Å². The second-order valence-electron chi connectivity index (χ2n) is 6.87. The van der Waals surface area contributed by atoms with Gasteiger partial charge in [-0.15, -0.1) is 11.8 Å². The molecule has 2 aromatic carbocycles. The van der Waals surface area contributed by atoms with E-state index < -0.39 is 17.1 Å². The maximum Gasteiger partial charge on any atom is 0.294 e. The Hall–Kier alpha value is -2.51. The van der Waals surface area contributed by atoms with Gasteiger partial charge in [0.25, 0.3) is 11.1 Å². The minimum absolute atomic E-state index is 0.308. The Bertz CT molecular complexity index is 968. The average Bonchev–Trinajstić information content (AvgIpc) is 2.96. The number of benzene rings is 2. The summed E-state index contributed by atoms with van der Waals surface area (Å²) >= 11 is 2.42. The molecular weight excluding hydrogens is 404 g/mol. The highest BCUT2D eigenvalue weighted by atomic mass is 32.2. The van der Waals surface area contributed by atoms with Crippen molar-refractivity contribution in [3.05, 3.63) is 64.6 Å². The van der Waals surface area contributed by atoms with Crippen LogP contribution in [0.15, 0.2) is 58.3 Å². The SMILES string of the molecule is CSc1cccc(NC(=O)CN2C(=O)S/C(=C/c3ccc(C(C)C)cc3)C2=O)c1. The number of amides is 3. The van der Waals surface area contributed by atoms with E-state index in [0.29, 0.717) is 16.5 Å². The number of nitrogens with zero attached hydrogens (tertiary/aromatic N) is 1. The summed E-state index contributed by atoms with van der Waals surface area (Å²) in [6, 6.07) is 15.3. The lowest BCUT2D eigenvalue weighted by Crippen LogP contribution is -2.36. The lowest BCUT2D eigenvalue weighted by molar-refractivity contribution is -0.127. The molecule has 0 bridgehead atoms. The number of imide groups is 1. The molecular formula is C22H22N2O3S2. The summed E-state index contributed by atoms with van der Waals surface area (Å²) in [5.74, 6) is -0.430. The molecule has 3 amide bonds. The smallest absolute Gasteiger partial charge is 0.294 e. The zero-order valence-corrected chi connectivity index (χ0v) is 18.1. The van der Waals surface area contributed by atoms with E-state index in [9.17, 15) is 14.4 Å². The van der Waals surface area contributed by atoms with Crippen LogP contribution in [0.4, 0.5) is 10.5 Å². The summed E-state index contributed by atoms with van der Waals surface area (Å²) in [4.78, 5) is 39.5. The van der Waals surface area contributed by atoms with Gasteiger partial charge in [0.1, 0.15) is 6.54 Å². The fraction of sp³-hybridized carbons (Fsp3) is 0.227. The van der Waals surface area contributed by atoms with Gasteiger partial charge in [-0.2, -0.15) is 0 Å². The normalized spacial score (nSPS) is 15.4. The summed E-state index contributed by atoms with van der Waals surface area (Å²) in [6.45, 7) is 3.92. The highest BCUT2D eigenvalue weighted by molar-refractivity contribution is 8.18. The first kappa shape index (κ1) is 21.2. The fourth-order valence-corrected chi connectivity index (χ4v) is 4.11. The Morgan fingerprint density at radius 3 is 2.55 bits per heavy atom. The molecule has 1 aliphatic heterocycles. The van der Waals surface area contributed by atoms with Gasteiger partial charge in [0.15, 0.2) is 0 Å². The van der Waals surface area contributed by atoms with Crippen molar-refractivity contribution in [2.45, 2.75) is 24.7 Å². The van der Waals surface area contributed by atoms with Crippen molar-refractivity contribution in [1.29, 1.82) is 0 Å². The first-order valence-corrected chi connectivity index (χ1v) is 11.2. The summed E-state index contributed by atoms with van der Waals surface area (Å²) in [5.41, 5.74) is 2.69. The summed E-state index contributed by atoms with van der Waals surface area (Å²) in [6.07, 6.45) is 3.64. The van der Waals surface area contributed by atoms with Gasteiger partial charge >= 0.3 is 0 Å². The maximum atomic E-state index is 12.6. The molecule has 150 valence electrons. The van der Waals surface area contributed by atoms with Gasteiger partial charge in [-0.1, -0.05) is 44.2 Å². The van der Waals surface area contributed by atoms with Crippen LogP contribution in [0.1, 0.15) is 30.9 Å². The quantitative estimate of drug-likeness (QED) is 0.507. The number of hydrogen-bond donors (Lipinski definition) is 1. The van der Waals surface area contributed by atoms with Gasteiger partial charge in [-0.25, -0.2) is 0 Å². The number of hydrogen-bond acceptors (Lipinski definition) is 5. The van der Waals surface area contributed by atoms with Gasteiger partial charge in [0.05, 0.1) is 4.91 Å². The van der Waals surface area contributed by atoms with Crippen molar-refractivity contribution in [2.24, 2.45) is 0 Å². The predicted molar refractivity (Wildman–Crippen MR) is 120 cm³/mol. The van der Waals surface area contributed by atoms with Crippen LogP contribution in [0.25, 0.3) is 6.08 Å². The third kappa shape index (κ3) is 5.31. The van der Waals surface area contributed by atoms with Crippen molar-refractivity contribution < 1.29 is 14.4 Å². The average molecular weight is 427 g/mol. The van der Waals surface area contributed by atoms with Crippen molar-refractivity contribution in [3.63, 3.8) is 0 Å². The molecule has 1 saturated heterocycles. The molecule has 0 spiro atoms. The number of nitrogens with one attached hydrogen (secondary N) is 1. The first-order chi connectivity index (χ1) is 13.9. The second kappa shape index (κ2) is 9.33. The minimum atomic E-state index is -0.444. The number of carbonyl (C=O) groups excluding carboxylic acids is 3. The fourth-order valence-electron chi connectivity index (χ4n) is 2.81. The largest absolute Gasteiger partial charge is 0.324 e. The van der Waals surface area contributed by atoms with E-state index in [4.69, 9.17) is 0 Å². The van der Waals surface area contributed by atoms with Crippen LogP contribution in [-0.2, 0) is 9.59 Å². The third-order valence-electron chi connectivity index (χ3n) is 4.43. The minimum Gasteiger partial charge on any atom is -0.324 e. The zero-order valence-electron chi connectivity index (χ0n) is 16.5. The molecule has 2 aromatic rings. The molecule has 0 unspecified atom stereocenters. The molecule has 1 aliphatic rings. The van der Waals surface area contributed by atoms with Crippen molar-refractivity contribution in [3.8, 4) is 0 Å². The van der Waals surface area contributed by atoms with E-state index in [1.807, 2.05) is 48.7 Å². The van der Waals surface area contributed by atoms with Crippen LogP contribution >= 0.6 is 23.5 Å². The van der Waals surface area contributed by atoms with Crippen LogP contribution in [0.2, 0.25) is 0 Å². The lowest BCUT2D eigenvalue weighted by Gasteiger charge is -2.12. The Balaban J connectivity index is 1.67. The molecule has 1 heterocycles. The Kier molecular flexibility index (Phi) is 6.82. The van der Waals surface area contributed by atoms with Gasteiger partial charge in [0, 0.05) is 10.6 Å². The first-order valence-electron chi connectivity index (χ1n) is 9.16.